The molecule has 0 aromatic heterocycles. The largest absolute Gasteiger partial charge is 0.273 e. The standard InChI is InChI=1S/C8H8Cl2N2O4/c9-1-5(13)11-3-8(16)12(4-7(11)15)6(14)2-10/h1-4H2. The Morgan fingerprint density at radius 3 is 1.50 bits per heavy atom. The lowest BCUT2D eigenvalue weighted by molar-refractivity contribution is -0.160. The van der Waals surface area contributed by atoms with E-state index in [-0.39, 0.29) is 11.8 Å². The molecule has 8 heteroatoms. The Labute approximate surface area is 101 Å². The molecule has 0 aromatic carbocycles. The second-order valence-corrected chi connectivity index (χ2v) is 3.55. The normalized spacial score (nSPS) is 16.6. The number of imide groups is 2. The second-order valence-electron chi connectivity index (χ2n) is 3.01. The highest BCUT2D eigenvalue weighted by atomic mass is 35.5. The molecule has 0 saturated carbocycles. The number of alkyl halides is 2. The van der Waals surface area contributed by atoms with Crippen LogP contribution in [0.5, 0.6) is 0 Å². The summed E-state index contributed by atoms with van der Waals surface area (Å²) in [7, 11) is 0. The number of halogens is 2. The molecule has 1 aliphatic rings. The van der Waals surface area contributed by atoms with Gasteiger partial charge in [0.15, 0.2) is 0 Å². The molecule has 1 fully saturated rings. The van der Waals surface area contributed by atoms with Crippen LogP contribution in [0.2, 0.25) is 0 Å². The van der Waals surface area contributed by atoms with Crippen molar-refractivity contribution in [2.24, 2.45) is 0 Å². The zero-order valence-corrected chi connectivity index (χ0v) is 9.62. The van der Waals surface area contributed by atoms with Gasteiger partial charge in [-0.15, -0.1) is 23.2 Å². The van der Waals surface area contributed by atoms with Crippen LogP contribution in [0, 0.1) is 0 Å². The lowest BCUT2D eigenvalue weighted by atomic mass is 10.3. The van der Waals surface area contributed by atoms with Crippen molar-refractivity contribution in [3.8, 4) is 0 Å². The molecule has 1 aliphatic heterocycles. The van der Waals surface area contributed by atoms with Gasteiger partial charge in [-0.25, -0.2) is 0 Å². The summed E-state index contributed by atoms with van der Waals surface area (Å²) >= 11 is 10.5. The number of nitrogens with zero attached hydrogens (tertiary/aromatic N) is 2. The molecular formula is C8H8Cl2N2O4. The lowest BCUT2D eigenvalue weighted by Gasteiger charge is -2.30. The molecule has 1 rings (SSSR count). The van der Waals surface area contributed by atoms with Crippen LogP contribution >= 0.6 is 23.2 Å². The first kappa shape index (κ1) is 12.9. The van der Waals surface area contributed by atoms with Crippen LogP contribution in [-0.4, -0.2) is 58.3 Å². The van der Waals surface area contributed by atoms with Gasteiger partial charge in [0.2, 0.25) is 23.6 Å². The van der Waals surface area contributed by atoms with Crippen molar-refractivity contribution in [3.63, 3.8) is 0 Å². The molecule has 0 atom stereocenters. The quantitative estimate of drug-likeness (QED) is 0.613. The van der Waals surface area contributed by atoms with E-state index in [1.165, 1.54) is 0 Å². The number of carbonyl (C=O) groups is 4. The van der Waals surface area contributed by atoms with Gasteiger partial charge in [0.05, 0.1) is 0 Å². The highest BCUT2D eigenvalue weighted by Gasteiger charge is 2.35. The predicted octanol–water partition coefficient (Wildman–Crippen LogP) is -0.812. The summed E-state index contributed by atoms with van der Waals surface area (Å²) in [6, 6.07) is 0. The van der Waals surface area contributed by atoms with E-state index in [9.17, 15) is 19.2 Å². The van der Waals surface area contributed by atoms with E-state index >= 15 is 0 Å². The second kappa shape index (κ2) is 5.27. The molecule has 16 heavy (non-hydrogen) atoms. The first-order valence-corrected chi connectivity index (χ1v) is 5.36. The first-order chi connectivity index (χ1) is 7.51. The molecule has 0 aliphatic carbocycles. The third-order valence-corrected chi connectivity index (χ3v) is 2.48. The summed E-state index contributed by atoms with van der Waals surface area (Å²) in [5.41, 5.74) is 0. The predicted molar refractivity (Wildman–Crippen MR) is 54.9 cm³/mol. The third kappa shape index (κ3) is 2.51. The van der Waals surface area contributed by atoms with E-state index in [2.05, 4.69) is 0 Å². The molecule has 0 bridgehead atoms. The molecule has 0 N–H and O–H groups in total. The van der Waals surface area contributed by atoms with Gasteiger partial charge in [0.1, 0.15) is 24.8 Å². The first-order valence-electron chi connectivity index (χ1n) is 4.29. The molecule has 88 valence electrons. The molecule has 0 aromatic rings. The summed E-state index contributed by atoms with van der Waals surface area (Å²) in [6.45, 7) is -0.931. The summed E-state index contributed by atoms with van der Waals surface area (Å²) in [5.74, 6) is -3.35. The molecular weight excluding hydrogens is 259 g/mol. The van der Waals surface area contributed by atoms with Crippen molar-refractivity contribution in [1.29, 1.82) is 0 Å². The maximum atomic E-state index is 11.4. The number of rotatable bonds is 2. The van der Waals surface area contributed by atoms with E-state index in [1.54, 1.807) is 0 Å². The van der Waals surface area contributed by atoms with Crippen molar-refractivity contribution in [3.05, 3.63) is 0 Å². The number of hydrogen-bond acceptors (Lipinski definition) is 4. The van der Waals surface area contributed by atoms with Crippen LogP contribution in [0.25, 0.3) is 0 Å². The Hall–Kier alpha value is -1.14. The minimum Gasteiger partial charge on any atom is -0.273 e. The average molecular weight is 267 g/mol. The lowest BCUT2D eigenvalue weighted by Crippen LogP contribution is -2.57. The molecule has 4 amide bonds. The Kier molecular flexibility index (Phi) is 4.26. The third-order valence-electron chi connectivity index (χ3n) is 2.02. The van der Waals surface area contributed by atoms with Crippen molar-refractivity contribution in [1.82, 2.24) is 9.80 Å². The molecule has 1 saturated heterocycles. The van der Waals surface area contributed by atoms with Gasteiger partial charge < -0.3 is 0 Å². The van der Waals surface area contributed by atoms with Crippen LogP contribution in [-0.2, 0) is 19.2 Å². The Bertz CT molecular complexity index is 324. The molecule has 6 nitrogen and oxygen atoms in total. The molecule has 0 radical (unpaired) electrons. The zero-order chi connectivity index (χ0) is 12.3. The summed E-state index contributed by atoms with van der Waals surface area (Å²) in [4.78, 5) is 46.6. The maximum absolute atomic E-state index is 11.4. The van der Waals surface area contributed by atoms with Gasteiger partial charge >= 0.3 is 0 Å². The number of piperazine rings is 1. The molecule has 1 heterocycles. The van der Waals surface area contributed by atoms with Crippen molar-refractivity contribution in [2.45, 2.75) is 0 Å². The summed E-state index contributed by atoms with van der Waals surface area (Å²) < 4.78 is 0. The van der Waals surface area contributed by atoms with E-state index in [0.717, 1.165) is 9.80 Å². The number of hydrogen-bond donors (Lipinski definition) is 0. The minimum absolute atomic E-state index is 0.386. The van der Waals surface area contributed by atoms with Gasteiger partial charge in [-0.3, -0.25) is 29.0 Å². The fraction of sp³-hybridized carbons (Fsp3) is 0.500. The van der Waals surface area contributed by atoms with Gasteiger partial charge in [-0.2, -0.15) is 0 Å². The van der Waals surface area contributed by atoms with Crippen molar-refractivity contribution >= 4 is 46.8 Å². The SMILES string of the molecule is O=C(CCl)N1CC(=O)N(C(=O)CCl)CC1=O. The monoisotopic (exact) mass is 266 g/mol. The van der Waals surface area contributed by atoms with Gasteiger partial charge in [0.25, 0.3) is 0 Å². The van der Waals surface area contributed by atoms with Crippen LogP contribution in [0.4, 0.5) is 0 Å². The van der Waals surface area contributed by atoms with E-state index in [0.29, 0.717) is 0 Å². The van der Waals surface area contributed by atoms with Crippen molar-refractivity contribution in [2.75, 3.05) is 24.8 Å². The smallest absolute Gasteiger partial charge is 0.249 e. The Morgan fingerprint density at radius 1 is 0.938 bits per heavy atom. The minimum atomic E-state index is -0.655. The number of carbonyl (C=O) groups excluding carboxylic acids is 4. The summed E-state index contributed by atoms with van der Waals surface area (Å²) in [6.07, 6.45) is 0. The summed E-state index contributed by atoms with van der Waals surface area (Å²) in [5, 5.41) is 0. The fourth-order valence-electron chi connectivity index (χ4n) is 1.22. The Balaban J connectivity index is 2.78. The maximum Gasteiger partial charge on any atom is 0.249 e. The topological polar surface area (TPSA) is 74.8 Å². The van der Waals surface area contributed by atoms with Gasteiger partial charge in [-0.05, 0) is 0 Å². The van der Waals surface area contributed by atoms with Gasteiger partial charge in [0, 0.05) is 0 Å². The fourth-order valence-corrected chi connectivity index (χ4v) is 1.50. The number of amides is 4. The van der Waals surface area contributed by atoms with E-state index < -0.39 is 36.7 Å². The van der Waals surface area contributed by atoms with Crippen LogP contribution in [0.1, 0.15) is 0 Å². The van der Waals surface area contributed by atoms with Crippen LogP contribution < -0.4 is 0 Å². The van der Waals surface area contributed by atoms with Crippen LogP contribution in [0.15, 0.2) is 0 Å². The van der Waals surface area contributed by atoms with Gasteiger partial charge in [-0.1, -0.05) is 0 Å². The molecule has 0 spiro atoms. The van der Waals surface area contributed by atoms with E-state index in [1.807, 2.05) is 0 Å². The average Bonchev–Trinajstić information content (AvgIpc) is 2.29. The zero-order valence-electron chi connectivity index (χ0n) is 8.11. The highest BCUT2D eigenvalue weighted by molar-refractivity contribution is 6.30. The highest BCUT2D eigenvalue weighted by Crippen LogP contribution is 2.07. The van der Waals surface area contributed by atoms with Crippen LogP contribution in [0.3, 0.4) is 0 Å². The van der Waals surface area contributed by atoms with E-state index in [4.69, 9.17) is 23.2 Å². The Morgan fingerprint density at radius 2 is 1.25 bits per heavy atom. The van der Waals surface area contributed by atoms with Crippen molar-refractivity contribution < 1.29 is 19.2 Å². The molecule has 0 unspecified atom stereocenters.